The molecule has 0 fully saturated rings. The van der Waals surface area contributed by atoms with Gasteiger partial charge in [-0.05, 0) is 38.1 Å². The normalized spacial score (nSPS) is 12.7. The Morgan fingerprint density at radius 3 is 2.78 bits per heavy atom. The monoisotopic (exact) mass is 336 g/mol. The summed E-state index contributed by atoms with van der Waals surface area (Å²) >= 11 is 1.16. The van der Waals surface area contributed by atoms with Gasteiger partial charge in [-0.25, -0.2) is 18.3 Å². The molecule has 8 heteroatoms. The lowest BCUT2D eigenvalue weighted by Gasteiger charge is -2.10. The fourth-order valence-electron chi connectivity index (χ4n) is 2.22. The second kappa shape index (κ2) is 6.21. The quantitative estimate of drug-likeness (QED) is 0.742. The molecule has 120 valence electrons. The van der Waals surface area contributed by atoms with Crippen molar-refractivity contribution < 1.29 is 13.9 Å². The van der Waals surface area contributed by atoms with Gasteiger partial charge in [-0.2, -0.15) is 4.98 Å². The number of aliphatic hydroxyl groups is 1. The Morgan fingerprint density at radius 2 is 2.00 bits per heavy atom. The molecule has 0 spiro atoms. The van der Waals surface area contributed by atoms with Crippen molar-refractivity contribution in [3.05, 3.63) is 52.9 Å². The summed E-state index contributed by atoms with van der Waals surface area (Å²) < 4.78 is 28.4. The topological polar surface area (TPSA) is 63.3 Å². The zero-order valence-corrected chi connectivity index (χ0v) is 13.3. The summed E-state index contributed by atoms with van der Waals surface area (Å²) in [6.07, 6.45) is -1.15. The van der Waals surface area contributed by atoms with Gasteiger partial charge in [0, 0.05) is 22.7 Å². The summed E-state index contributed by atoms with van der Waals surface area (Å²) in [5.74, 6) is -0.659. The molecule has 2 aromatic heterocycles. The third-order valence-electron chi connectivity index (χ3n) is 3.29. The number of rotatable bonds is 4. The van der Waals surface area contributed by atoms with Crippen LogP contribution in [0.2, 0.25) is 0 Å². The lowest BCUT2D eigenvalue weighted by Crippen LogP contribution is -2.04. The van der Waals surface area contributed by atoms with Crippen molar-refractivity contribution in [1.82, 2.24) is 19.6 Å². The van der Waals surface area contributed by atoms with E-state index in [1.54, 1.807) is 4.52 Å². The number of aliphatic hydroxyl groups excluding tert-OH is 1. The van der Waals surface area contributed by atoms with Crippen molar-refractivity contribution in [3.63, 3.8) is 0 Å². The first-order valence-corrected chi connectivity index (χ1v) is 7.89. The predicted octanol–water partition coefficient (Wildman–Crippen LogP) is 2.85. The summed E-state index contributed by atoms with van der Waals surface area (Å²) in [4.78, 5) is 8.54. The molecule has 23 heavy (non-hydrogen) atoms. The number of benzene rings is 1. The van der Waals surface area contributed by atoms with Crippen LogP contribution in [0.15, 0.2) is 29.4 Å². The lowest BCUT2D eigenvalue weighted by molar-refractivity contribution is 0.198. The van der Waals surface area contributed by atoms with Gasteiger partial charge in [0.15, 0.2) is 0 Å². The standard InChI is InChI=1S/C15H14F2N4OS/c1-8-5-9(2)21-14(18-8)19-15(20-21)23-7-13(22)11-6-10(16)3-4-12(11)17/h3-6,13,22H,7H2,1-2H3. The Kier molecular flexibility index (Phi) is 4.27. The second-order valence-electron chi connectivity index (χ2n) is 5.14. The van der Waals surface area contributed by atoms with Gasteiger partial charge in [-0.15, -0.1) is 5.10 Å². The number of halogens is 2. The van der Waals surface area contributed by atoms with E-state index in [0.29, 0.717) is 10.9 Å². The molecule has 5 nitrogen and oxygen atoms in total. The highest BCUT2D eigenvalue weighted by molar-refractivity contribution is 7.99. The highest BCUT2D eigenvalue weighted by atomic mass is 32.2. The Bertz CT molecular complexity index is 868. The van der Waals surface area contributed by atoms with Crippen LogP contribution >= 0.6 is 11.8 Å². The van der Waals surface area contributed by atoms with Gasteiger partial charge in [0.1, 0.15) is 11.6 Å². The molecule has 0 radical (unpaired) electrons. The van der Waals surface area contributed by atoms with Gasteiger partial charge in [0.05, 0.1) is 6.10 Å². The maximum absolute atomic E-state index is 13.6. The fourth-order valence-corrected chi connectivity index (χ4v) is 2.99. The Labute approximate surface area is 135 Å². The predicted molar refractivity (Wildman–Crippen MR) is 82.3 cm³/mol. The molecule has 3 rings (SSSR count). The minimum absolute atomic E-state index is 0.0774. The van der Waals surface area contributed by atoms with E-state index in [2.05, 4.69) is 15.1 Å². The zero-order valence-electron chi connectivity index (χ0n) is 12.5. The molecule has 0 amide bonds. The number of hydrogen-bond donors (Lipinski definition) is 1. The zero-order chi connectivity index (χ0) is 16.6. The van der Waals surface area contributed by atoms with Gasteiger partial charge in [0.25, 0.3) is 5.78 Å². The van der Waals surface area contributed by atoms with E-state index in [1.165, 1.54) is 0 Å². The molecular weight excluding hydrogens is 322 g/mol. The molecular formula is C15H14F2N4OS. The first-order chi connectivity index (χ1) is 10.9. The van der Waals surface area contributed by atoms with Crippen LogP contribution in [-0.4, -0.2) is 30.4 Å². The molecule has 2 heterocycles. The minimum Gasteiger partial charge on any atom is -0.387 e. The number of hydrogen-bond acceptors (Lipinski definition) is 5. The van der Waals surface area contributed by atoms with Gasteiger partial charge in [-0.3, -0.25) is 0 Å². The summed E-state index contributed by atoms with van der Waals surface area (Å²) in [6.45, 7) is 3.76. The van der Waals surface area contributed by atoms with Crippen LogP contribution in [0.1, 0.15) is 23.1 Å². The first-order valence-electron chi connectivity index (χ1n) is 6.91. The van der Waals surface area contributed by atoms with Crippen molar-refractivity contribution in [2.24, 2.45) is 0 Å². The number of aromatic nitrogens is 4. The van der Waals surface area contributed by atoms with E-state index in [0.717, 1.165) is 41.3 Å². The van der Waals surface area contributed by atoms with Crippen LogP contribution < -0.4 is 0 Å². The number of nitrogens with zero attached hydrogens (tertiary/aromatic N) is 4. The first kappa shape index (κ1) is 15.8. The van der Waals surface area contributed by atoms with Gasteiger partial charge in [-0.1, -0.05) is 11.8 Å². The van der Waals surface area contributed by atoms with Gasteiger partial charge >= 0.3 is 0 Å². The second-order valence-corrected chi connectivity index (χ2v) is 6.12. The van der Waals surface area contributed by atoms with E-state index >= 15 is 0 Å². The number of fused-ring (bicyclic) bond motifs is 1. The molecule has 0 aliphatic heterocycles. The van der Waals surface area contributed by atoms with Crippen LogP contribution in [-0.2, 0) is 0 Å². The largest absolute Gasteiger partial charge is 0.387 e. The van der Waals surface area contributed by atoms with Crippen LogP contribution in [0.4, 0.5) is 8.78 Å². The molecule has 0 aliphatic carbocycles. The van der Waals surface area contributed by atoms with Crippen LogP contribution in [0.25, 0.3) is 5.78 Å². The van der Waals surface area contributed by atoms with Crippen molar-refractivity contribution in [2.45, 2.75) is 25.1 Å². The highest BCUT2D eigenvalue weighted by Gasteiger charge is 2.16. The molecule has 0 aliphatic rings. The maximum Gasteiger partial charge on any atom is 0.253 e. The molecule has 1 N–H and O–H groups in total. The van der Waals surface area contributed by atoms with E-state index in [4.69, 9.17) is 0 Å². The average molecular weight is 336 g/mol. The fraction of sp³-hybridized carbons (Fsp3) is 0.267. The van der Waals surface area contributed by atoms with Crippen LogP contribution in [0.5, 0.6) is 0 Å². The number of aryl methyl sites for hydroxylation is 2. The third-order valence-corrected chi connectivity index (χ3v) is 4.20. The van der Waals surface area contributed by atoms with Crippen molar-refractivity contribution >= 4 is 17.5 Å². The van der Waals surface area contributed by atoms with Crippen molar-refractivity contribution in [1.29, 1.82) is 0 Å². The average Bonchev–Trinajstić information content (AvgIpc) is 2.90. The molecule has 0 saturated carbocycles. The van der Waals surface area contributed by atoms with Gasteiger partial charge < -0.3 is 5.11 Å². The van der Waals surface area contributed by atoms with Gasteiger partial charge in [0.2, 0.25) is 5.16 Å². The van der Waals surface area contributed by atoms with Crippen LogP contribution in [0, 0.1) is 25.5 Å². The van der Waals surface area contributed by atoms with E-state index in [1.807, 2.05) is 19.9 Å². The van der Waals surface area contributed by atoms with E-state index in [-0.39, 0.29) is 11.3 Å². The summed E-state index contributed by atoms with van der Waals surface area (Å²) in [5, 5.41) is 14.8. The summed E-state index contributed by atoms with van der Waals surface area (Å²) in [7, 11) is 0. The van der Waals surface area contributed by atoms with E-state index in [9.17, 15) is 13.9 Å². The maximum atomic E-state index is 13.6. The molecule has 1 atom stereocenters. The van der Waals surface area contributed by atoms with E-state index < -0.39 is 17.7 Å². The Balaban J connectivity index is 1.78. The molecule has 0 bridgehead atoms. The highest BCUT2D eigenvalue weighted by Crippen LogP contribution is 2.25. The number of thioether (sulfide) groups is 1. The smallest absolute Gasteiger partial charge is 0.253 e. The Morgan fingerprint density at radius 1 is 1.22 bits per heavy atom. The van der Waals surface area contributed by atoms with Crippen LogP contribution in [0.3, 0.4) is 0 Å². The van der Waals surface area contributed by atoms with Crippen molar-refractivity contribution in [3.8, 4) is 0 Å². The Hall–Kier alpha value is -2.06. The SMILES string of the molecule is Cc1cc(C)n2nc(SCC(O)c3cc(F)ccc3F)nc2n1. The van der Waals surface area contributed by atoms with Crippen molar-refractivity contribution in [2.75, 3.05) is 5.75 Å². The summed E-state index contributed by atoms with van der Waals surface area (Å²) in [5.41, 5.74) is 1.65. The molecule has 0 saturated heterocycles. The molecule has 1 aromatic carbocycles. The third kappa shape index (κ3) is 3.32. The molecule has 1 unspecified atom stereocenters. The minimum atomic E-state index is -1.15. The lowest BCUT2D eigenvalue weighted by atomic mass is 10.1. The molecule has 3 aromatic rings. The summed E-state index contributed by atoms with van der Waals surface area (Å²) in [6, 6.07) is 4.89.